The highest BCUT2D eigenvalue weighted by Gasteiger charge is 2.29. The van der Waals surface area contributed by atoms with Crippen LogP contribution in [-0.4, -0.2) is 60.0 Å². The van der Waals surface area contributed by atoms with E-state index in [0.717, 1.165) is 86.0 Å². The van der Waals surface area contributed by atoms with Crippen LogP contribution in [0.2, 0.25) is 0 Å². The van der Waals surface area contributed by atoms with Crippen LogP contribution in [0.25, 0.3) is 0 Å². The summed E-state index contributed by atoms with van der Waals surface area (Å²) in [6.45, 7) is 9.99. The molecule has 0 saturated carbocycles. The number of amides is 1. The van der Waals surface area contributed by atoms with Gasteiger partial charge in [0.05, 0.1) is 11.3 Å². The molecule has 0 spiro atoms. The van der Waals surface area contributed by atoms with E-state index in [0.29, 0.717) is 5.92 Å². The van der Waals surface area contributed by atoms with Gasteiger partial charge in [-0.05, 0) is 61.7 Å². The number of hydrogen-bond donors (Lipinski definition) is 0. The highest BCUT2D eigenvalue weighted by atomic mass is 16.2. The fraction of sp³-hybridized carbons (Fsp3) is 0.367. The van der Waals surface area contributed by atoms with E-state index in [4.69, 9.17) is 0 Å². The lowest BCUT2D eigenvalue weighted by Gasteiger charge is -2.36. The van der Waals surface area contributed by atoms with Crippen molar-refractivity contribution in [2.24, 2.45) is 0 Å². The first-order valence-electron chi connectivity index (χ1n) is 12.8. The van der Waals surface area contributed by atoms with Crippen LogP contribution in [0.1, 0.15) is 50.8 Å². The van der Waals surface area contributed by atoms with Gasteiger partial charge in [0, 0.05) is 68.7 Å². The Kier molecular flexibility index (Phi) is 7.02. The van der Waals surface area contributed by atoms with Gasteiger partial charge in [-0.1, -0.05) is 30.3 Å². The molecular weight excluding hydrogens is 446 g/mol. The van der Waals surface area contributed by atoms with Gasteiger partial charge in [-0.15, -0.1) is 0 Å². The number of aryl methyl sites for hydroxylation is 2. The van der Waals surface area contributed by atoms with Crippen molar-refractivity contribution in [1.82, 2.24) is 14.8 Å². The minimum absolute atomic E-state index is 0.127. The lowest BCUT2D eigenvalue weighted by Crippen LogP contribution is -2.46. The SMILES string of the molecule is Cc1cccc([C@@H]2CCN(C(=O)c3cc(CN4CCN(c5ccccc5C#N)CC4)ccc3C)C2)n1. The number of carbonyl (C=O) groups is 1. The van der Waals surface area contributed by atoms with Crippen molar-refractivity contribution in [3.8, 4) is 6.07 Å². The van der Waals surface area contributed by atoms with Gasteiger partial charge in [-0.25, -0.2) is 0 Å². The van der Waals surface area contributed by atoms with E-state index in [9.17, 15) is 10.1 Å². The number of likely N-dealkylation sites (tertiary alicyclic amines) is 1. The van der Waals surface area contributed by atoms with E-state index >= 15 is 0 Å². The van der Waals surface area contributed by atoms with Crippen LogP contribution in [-0.2, 0) is 6.54 Å². The van der Waals surface area contributed by atoms with Crippen molar-refractivity contribution < 1.29 is 4.79 Å². The molecule has 0 N–H and O–H groups in total. The fourth-order valence-electron chi connectivity index (χ4n) is 5.39. The third kappa shape index (κ3) is 5.12. The molecule has 5 rings (SSSR count). The summed E-state index contributed by atoms with van der Waals surface area (Å²) < 4.78 is 0. The number of piperazine rings is 1. The normalized spacial score (nSPS) is 18.3. The molecule has 0 radical (unpaired) electrons. The highest BCUT2D eigenvalue weighted by Crippen LogP contribution is 2.28. The fourth-order valence-corrected chi connectivity index (χ4v) is 5.39. The number of pyridine rings is 1. The first-order chi connectivity index (χ1) is 17.5. The Morgan fingerprint density at radius 2 is 1.81 bits per heavy atom. The lowest BCUT2D eigenvalue weighted by molar-refractivity contribution is 0.0789. The first kappa shape index (κ1) is 24.0. The van der Waals surface area contributed by atoms with Gasteiger partial charge in [-0.2, -0.15) is 5.26 Å². The van der Waals surface area contributed by atoms with Gasteiger partial charge >= 0.3 is 0 Å². The Bertz CT molecular complexity index is 1290. The summed E-state index contributed by atoms with van der Waals surface area (Å²) in [7, 11) is 0. The van der Waals surface area contributed by atoms with E-state index in [1.165, 1.54) is 5.56 Å². The number of aromatic nitrogens is 1. The molecule has 184 valence electrons. The Morgan fingerprint density at radius 1 is 1.00 bits per heavy atom. The number of nitrogens with zero attached hydrogens (tertiary/aromatic N) is 5. The van der Waals surface area contributed by atoms with Crippen molar-refractivity contribution in [1.29, 1.82) is 5.26 Å². The third-order valence-corrected chi connectivity index (χ3v) is 7.48. The maximum atomic E-state index is 13.5. The van der Waals surface area contributed by atoms with Crippen molar-refractivity contribution in [2.75, 3.05) is 44.2 Å². The number of carbonyl (C=O) groups excluding carboxylic acids is 1. The van der Waals surface area contributed by atoms with E-state index in [1.54, 1.807) is 0 Å². The predicted molar refractivity (Wildman–Crippen MR) is 142 cm³/mol. The summed E-state index contributed by atoms with van der Waals surface area (Å²) >= 11 is 0. The van der Waals surface area contributed by atoms with E-state index < -0.39 is 0 Å². The molecule has 1 amide bonds. The summed E-state index contributed by atoms with van der Waals surface area (Å²) in [6, 6.07) is 22.6. The topological polar surface area (TPSA) is 63.5 Å². The molecule has 2 aromatic carbocycles. The minimum Gasteiger partial charge on any atom is -0.368 e. The van der Waals surface area contributed by atoms with Crippen LogP contribution in [0, 0.1) is 25.2 Å². The summed E-state index contributed by atoms with van der Waals surface area (Å²) in [5.41, 5.74) is 6.88. The van der Waals surface area contributed by atoms with Crippen LogP contribution in [0.5, 0.6) is 0 Å². The van der Waals surface area contributed by atoms with E-state index in [-0.39, 0.29) is 5.91 Å². The third-order valence-electron chi connectivity index (χ3n) is 7.48. The molecular formula is C30H33N5O. The maximum Gasteiger partial charge on any atom is 0.254 e. The molecule has 2 aliphatic heterocycles. The predicted octanol–water partition coefficient (Wildman–Crippen LogP) is 4.52. The molecule has 0 bridgehead atoms. The molecule has 0 aliphatic carbocycles. The zero-order valence-corrected chi connectivity index (χ0v) is 21.2. The standard InChI is InChI=1S/C30H33N5O/c1-22-10-11-24(20-33-14-16-34(17-15-33)29-9-4-3-7-25(29)19-31)18-27(22)30(36)35-13-12-26(21-35)28-8-5-6-23(2)32-28/h3-11,18,26H,12-17,20-21H2,1-2H3/t26-/m1/s1. The average Bonchev–Trinajstić information content (AvgIpc) is 3.40. The summed E-state index contributed by atoms with van der Waals surface area (Å²) in [5, 5.41) is 9.43. The van der Waals surface area contributed by atoms with Crippen molar-refractivity contribution in [2.45, 2.75) is 32.7 Å². The zero-order valence-electron chi connectivity index (χ0n) is 21.2. The van der Waals surface area contributed by atoms with Gasteiger partial charge in [0.2, 0.25) is 0 Å². The monoisotopic (exact) mass is 479 g/mol. The molecule has 2 aliphatic rings. The van der Waals surface area contributed by atoms with Crippen molar-refractivity contribution in [3.05, 3.63) is 94.3 Å². The van der Waals surface area contributed by atoms with E-state index in [2.05, 4.69) is 51.2 Å². The number of nitriles is 1. The number of benzene rings is 2. The van der Waals surface area contributed by atoms with Crippen molar-refractivity contribution >= 4 is 11.6 Å². The van der Waals surface area contributed by atoms with Crippen LogP contribution < -0.4 is 4.90 Å². The Labute approximate surface area is 213 Å². The van der Waals surface area contributed by atoms with Crippen LogP contribution in [0.3, 0.4) is 0 Å². The second kappa shape index (κ2) is 10.5. The number of rotatable bonds is 5. The molecule has 3 aromatic rings. The smallest absolute Gasteiger partial charge is 0.254 e. The molecule has 6 nitrogen and oxygen atoms in total. The summed E-state index contributed by atoms with van der Waals surface area (Å²) in [4.78, 5) is 24.9. The average molecular weight is 480 g/mol. The van der Waals surface area contributed by atoms with Gasteiger partial charge in [0.15, 0.2) is 0 Å². The Morgan fingerprint density at radius 3 is 2.58 bits per heavy atom. The zero-order chi connectivity index (χ0) is 25.1. The summed E-state index contributed by atoms with van der Waals surface area (Å²) in [5.74, 6) is 0.433. The molecule has 3 heterocycles. The van der Waals surface area contributed by atoms with Gasteiger partial charge < -0.3 is 9.80 Å². The number of para-hydroxylation sites is 1. The Balaban J connectivity index is 1.22. The highest BCUT2D eigenvalue weighted by molar-refractivity contribution is 5.96. The second-order valence-electron chi connectivity index (χ2n) is 9.98. The van der Waals surface area contributed by atoms with E-state index in [1.807, 2.05) is 49.1 Å². The van der Waals surface area contributed by atoms with Gasteiger partial charge in [0.1, 0.15) is 6.07 Å². The first-order valence-corrected chi connectivity index (χ1v) is 12.8. The molecule has 6 heteroatoms. The molecule has 2 saturated heterocycles. The van der Waals surface area contributed by atoms with Gasteiger partial charge in [-0.3, -0.25) is 14.7 Å². The quantitative estimate of drug-likeness (QED) is 0.538. The molecule has 1 atom stereocenters. The van der Waals surface area contributed by atoms with Crippen molar-refractivity contribution in [3.63, 3.8) is 0 Å². The maximum absolute atomic E-state index is 13.5. The Hall–Kier alpha value is -3.69. The largest absolute Gasteiger partial charge is 0.368 e. The summed E-state index contributed by atoms with van der Waals surface area (Å²) in [6.07, 6.45) is 0.958. The molecule has 0 unspecified atom stereocenters. The number of anilines is 1. The van der Waals surface area contributed by atoms with Crippen LogP contribution >= 0.6 is 0 Å². The number of hydrogen-bond acceptors (Lipinski definition) is 5. The molecule has 36 heavy (non-hydrogen) atoms. The molecule has 1 aromatic heterocycles. The minimum atomic E-state index is 0.127. The van der Waals surface area contributed by atoms with Crippen LogP contribution in [0.4, 0.5) is 5.69 Å². The second-order valence-corrected chi connectivity index (χ2v) is 9.98. The van der Waals surface area contributed by atoms with Crippen LogP contribution in [0.15, 0.2) is 60.7 Å². The lowest BCUT2D eigenvalue weighted by atomic mass is 10.0. The molecule has 2 fully saturated rings. The van der Waals surface area contributed by atoms with Gasteiger partial charge in [0.25, 0.3) is 5.91 Å².